The summed E-state index contributed by atoms with van der Waals surface area (Å²) in [4.78, 5) is 12.4. The zero-order valence-electron chi connectivity index (χ0n) is 15.1. The Labute approximate surface area is 162 Å². The molecule has 9 heteroatoms. The third kappa shape index (κ3) is 5.58. The van der Waals surface area contributed by atoms with E-state index in [2.05, 4.69) is 5.32 Å². The van der Waals surface area contributed by atoms with Gasteiger partial charge in [0.2, 0.25) is 10.0 Å². The lowest BCUT2D eigenvalue weighted by molar-refractivity contribution is -0.122. The molecule has 0 unspecified atom stereocenters. The van der Waals surface area contributed by atoms with E-state index in [1.807, 2.05) is 0 Å². The fourth-order valence-electron chi connectivity index (χ4n) is 2.21. The summed E-state index contributed by atoms with van der Waals surface area (Å²) in [6.45, 7) is 1.79. The maximum atomic E-state index is 13.2. The second kappa shape index (κ2) is 8.58. The molecule has 2 aromatic carbocycles. The third-order valence-electron chi connectivity index (χ3n) is 3.83. The molecular weight excluding hydrogens is 395 g/mol. The zero-order chi connectivity index (χ0) is 20.2. The highest BCUT2D eigenvalue weighted by atomic mass is 35.5. The molecule has 1 N–H and O–H groups in total. The number of rotatable bonds is 7. The number of carbonyl (C=O) groups is 1. The molecule has 0 aliphatic carbocycles. The van der Waals surface area contributed by atoms with Crippen LogP contribution in [0.4, 0.5) is 15.8 Å². The molecule has 2 rings (SSSR count). The van der Waals surface area contributed by atoms with E-state index in [1.165, 1.54) is 19.2 Å². The van der Waals surface area contributed by atoms with Crippen molar-refractivity contribution in [1.29, 1.82) is 0 Å². The van der Waals surface area contributed by atoms with Crippen molar-refractivity contribution >= 4 is 38.9 Å². The van der Waals surface area contributed by atoms with E-state index in [1.54, 1.807) is 31.2 Å². The van der Waals surface area contributed by atoms with Crippen LogP contribution in [0.3, 0.4) is 0 Å². The van der Waals surface area contributed by atoms with Crippen LogP contribution in [0.2, 0.25) is 5.02 Å². The topological polar surface area (TPSA) is 75.7 Å². The first-order valence-corrected chi connectivity index (χ1v) is 10.3. The molecule has 0 spiro atoms. The lowest BCUT2D eigenvalue weighted by atomic mass is 10.2. The lowest BCUT2D eigenvalue weighted by Crippen LogP contribution is -2.32. The van der Waals surface area contributed by atoms with Crippen LogP contribution in [-0.2, 0) is 14.8 Å². The van der Waals surface area contributed by atoms with Crippen LogP contribution in [0.5, 0.6) is 5.75 Å². The van der Waals surface area contributed by atoms with Crippen LogP contribution < -0.4 is 14.4 Å². The molecule has 0 radical (unpaired) electrons. The highest BCUT2D eigenvalue weighted by Gasteiger charge is 2.19. The Balaban J connectivity index is 2.07. The molecular formula is C18H20ClFN2O4S. The van der Waals surface area contributed by atoms with Crippen molar-refractivity contribution in [3.63, 3.8) is 0 Å². The number of sulfonamides is 1. The molecule has 0 saturated carbocycles. The van der Waals surface area contributed by atoms with E-state index in [4.69, 9.17) is 16.3 Å². The summed E-state index contributed by atoms with van der Waals surface area (Å²) in [5.74, 6) is -0.561. The summed E-state index contributed by atoms with van der Waals surface area (Å²) in [7, 11) is -1.91. The normalized spacial score (nSPS) is 12.3. The summed E-state index contributed by atoms with van der Waals surface area (Å²) >= 11 is 5.71. The molecule has 6 nitrogen and oxygen atoms in total. The average molecular weight is 415 g/mol. The van der Waals surface area contributed by atoms with Crippen molar-refractivity contribution in [1.82, 2.24) is 0 Å². The van der Waals surface area contributed by atoms with Gasteiger partial charge in [-0.1, -0.05) is 18.5 Å². The fraction of sp³-hybridized carbons (Fsp3) is 0.278. The molecule has 1 atom stereocenters. The number of anilines is 2. The molecule has 0 saturated heterocycles. The molecule has 0 bridgehead atoms. The van der Waals surface area contributed by atoms with Crippen molar-refractivity contribution < 1.29 is 22.3 Å². The highest BCUT2D eigenvalue weighted by molar-refractivity contribution is 7.92. The van der Waals surface area contributed by atoms with E-state index in [0.717, 1.165) is 16.6 Å². The quantitative estimate of drug-likeness (QED) is 0.750. The number of nitrogens with zero attached hydrogens (tertiary/aromatic N) is 1. The van der Waals surface area contributed by atoms with Crippen molar-refractivity contribution in [3.8, 4) is 5.75 Å². The van der Waals surface area contributed by atoms with Gasteiger partial charge < -0.3 is 10.1 Å². The van der Waals surface area contributed by atoms with Crippen molar-refractivity contribution in [3.05, 3.63) is 53.3 Å². The number of hydrogen-bond donors (Lipinski definition) is 1. The van der Waals surface area contributed by atoms with Crippen LogP contribution in [0.15, 0.2) is 42.5 Å². The molecule has 2 aromatic rings. The molecule has 0 aliphatic heterocycles. The molecule has 27 heavy (non-hydrogen) atoms. The predicted octanol–water partition coefficient (Wildman–Crippen LogP) is 3.67. The lowest BCUT2D eigenvalue weighted by Gasteiger charge is -2.19. The van der Waals surface area contributed by atoms with E-state index in [-0.39, 0.29) is 5.02 Å². The van der Waals surface area contributed by atoms with E-state index in [9.17, 15) is 17.6 Å². The van der Waals surface area contributed by atoms with Gasteiger partial charge in [-0.15, -0.1) is 0 Å². The Morgan fingerprint density at radius 1 is 1.26 bits per heavy atom. The number of nitrogens with one attached hydrogen (secondary N) is 1. The van der Waals surface area contributed by atoms with Crippen molar-refractivity contribution in [2.24, 2.45) is 0 Å². The Hall–Kier alpha value is -2.32. The molecule has 1 amide bonds. The number of hydrogen-bond acceptors (Lipinski definition) is 4. The Morgan fingerprint density at radius 2 is 1.89 bits per heavy atom. The molecule has 0 fully saturated rings. The summed E-state index contributed by atoms with van der Waals surface area (Å²) in [6.07, 6.45) is 0.717. The van der Waals surface area contributed by atoms with Gasteiger partial charge in [0, 0.05) is 12.7 Å². The van der Waals surface area contributed by atoms with Gasteiger partial charge in [0.15, 0.2) is 6.10 Å². The SMILES string of the molecule is CC[C@H](Oc1ccc(N(C)S(C)(=O)=O)cc1)C(=O)Nc1ccc(F)c(Cl)c1. The third-order valence-corrected chi connectivity index (χ3v) is 5.32. The number of benzene rings is 2. The smallest absolute Gasteiger partial charge is 0.265 e. The standard InChI is InChI=1S/C18H20ClFN2O4S/c1-4-17(18(23)21-12-5-10-16(20)15(19)11-12)26-14-8-6-13(7-9-14)22(2)27(3,24)25/h5-11,17H,4H2,1-3H3,(H,21,23)/t17-/m0/s1. The van der Waals surface area contributed by atoms with Gasteiger partial charge in [-0.25, -0.2) is 12.8 Å². The Bertz CT molecular complexity index is 919. The molecule has 0 heterocycles. The van der Waals surface area contributed by atoms with Gasteiger partial charge in [0.05, 0.1) is 17.0 Å². The zero-order valence-corrected chi connectivity index (χ0v) is 16.6. The first kappa shape index (κ1) is 21.0. The summed E-state index contributed by atoms with van der Waals surface area (Å²) in [5.41, 5.74) is 0.835. The van der Waals surface area contributed by atoms with Crippen molar-refractivity contribution in [2.45, 2.75) is 19.4 Å². The van der Waals surface area contributed by atoms with Crippen LogP contribution >= 0.6 is 11.6 Å². The summed E-state index contributed by atoms with van der Waals surface area (Å²) in [5, 5.41) is 2.54. The van der Waals surface area contributed by atoms with Crippen LogP contribution in [0.1, 0.15) is 13.3 Å². The van der Waals surface area contributed by atoms with Gasteiger partial charge in [-0.05, 0) is 48.9 Å². The van der Waals surface area contributed by atoms with Gasteiger partial charge >= 0.3 is 0 Å². The Morgan fingerprint density at radius 3 is 2.41 bits per heavy atom. The molecule has 146 valence electrons. The minimum Gasteiger partial charge on any atom is -0.481 e. The minimum absolute atomic E-state index is 0.0904. The molecule has 0 aliphatic rings. The van der Waals surface area contributed by atoms with Crippen molar-refractivity contribution in [2.75, 3.05) is 22.9 Å². The number of amides is 1. The maximum Gasteiger partial charge on any atom is 0.265 e. The monoisotopic (exact) mass is 414 g/mol. The van der Waals surface area contributed by atoms with Gasteiger partial charge in [-0.2, -0.15) is 0 Å². The Kier molecular flexibility index (Phi) is 6.67. The first-order valence-electron chi connectivity index (χ1n) is 8.08. The predicted molar refractivity (Wildman–Crippen MR) is 104 cm³/mol. The van der Waals surface area contributed by atoms with Gasteiger partial charge in [0.1, 0.15) is 11.6 Å². The van der Waals surface area contributed by atoms with E-state index >= 15 is 0 Å². The maximum absolute atomic E-state index is 13.2. The number of ether oxygens (including phenoxy) is 1. The number of halogens is 2. The number of carbonyl (C=O) groups excluding carboxylic acids is 1. The minimum atomic E-state index is -3.36. The first-order chi connectivity index (χ1) is 12.6. The van der Waals surface area contributed by atoms with E-state index < -0.39 is 27.9 Å². The highest BCUT2D eigenvalue weighted by Crippen LogP contribution is 2.23. The summed E-state index contributed by atoms with van der Waals surface area (Å²) < 4.78 is 43.1. The second-order valence-electron chi connectivity index (χ2n) is 5.86. The van der Waals surface area contributed by atoms with Crippen LogP contribution in [0.25, 0.3) is 0 Å². The second-order valence-corrected chi connectivity index (χ2v) is 8.28. The van der Waals surface area contributed by atoms with Crippen LogP contribution in [0, 0.1) is 5.82 Å². The van der Waals surface area contributed by atoms with Gasteiger partial charge in [-0.3, -0.25) is 9.10 Å². The van der Waals surface area contributed by atoms with Crippen LogP contribution in [-0.4, -0.2) is 33.7 Å². The molecule has 0 aromatic heterocycles. The van der Waals surface area contributed by atoms with Gasteiger partial charge in [0.25, 0.3) is 5.91 Å². The average Bonchev–Trinajstić information content (AvgIpc) is 2.61. The largest absolute Gasteiger partial charge is 0.481 e. The fourth-order valence-corrected chi connectivity index (χ4v) is 2.89. The summed E-state index contributed by atoms with van der Waals surface area (Å²) in [6, 6.07) is 10.2. The van der Waals surface area contributed by atoms with E-state index in [0.29, 0.717) is 23.5 Å².